The lowest BCUT2D eigenvalue weighted by atomic mass is 10.1. The van der Waals surface area contributed by atoms with E-state index in [0.717, 1.165) is 5.56 Å². The van der Waals surface area contributed by atoms with Crippen LogP contribution < -0.4 is 10.2 Å². The first kappa shape index (κ1) is 17.0. The molecule has 1 fully saturated rings. The third-order valence-corrected chi connectivity index (χ3v) is 4.68. The predicted molar refractivity (Wildman–Crippen MR) is 96.4 cm³/mol. The van der Waals surface area contributed by atoms with Crippen LogP contribution in [0.1, 0.15) is 17.5 Å². The van der Waals surface area contributed by atoms with Crippen molar-refractivity contribution in [1.82, 2.24) is 0 Å². The summed E-state index contributed by atoms with van der Waals surface area (Å²) in [6.07, 6.45) is 0.131. The lowest BCUT2D eigenvalue weighted by Gasteiger charge is -2.17. The van der Waals surface area contributed by atoms with E-state index in [9.17, 15) is 9.59 Å². The number of rotatable bonds is 3. The molecule has 0 saturated carbocycles. The summed E-state index contributed by atoms with van der Waals surface area (Å²) in [4.78, 5) is 26.4. The van der Waals surface area contributed by atoms with Gasteiger partial charge >= 0.3 is 0 Å². The van der Waals surface area contributed by atoms with Gasteiger partial charge in [-0.3, -0.25) is 9.59 Å². The van der Waals surface area contributed by atoms with Gasteiger partial charge in [0.25, 0.3) is 0 Å². The second-order valence-electron chi connectivity index (χ2n) is 5.99. The number of carbonyl (C=O) groups is 2. The predicted octanol–water partition coefficient (Wildman–Crippen LogP) is 3.51. The molecular formula is C19H16ClN3O2. The van der Waals surface area contributed by atoms with Crippen molar-refractivity contribution in [1.29, 1.82) is 5.26 Å². The minimum atomic E-state index is -0.473. The van der Waals surface area contributed by atoms with Crippen LogP contribution in [0.15, 0.2) is 42.5 Å². The molecule has 6 heteroatoms. The maximum Gasteiger partial charge on any atom is 0.229 e. The average molecular weight is 354 g/mol. The molecule has 126 valence electrons. The fourth-order valence-corrected chi connectivity index (χ4v) is 2.98. The van der Waals surface area contributed by atoms with Gasteiger partial charge in [-0.15, -0.1) is 0 Å². The number of nitrogens with zero attached hydrogens (tertiary/aromatic N) is 2. The molecule has 1 atom stereocenters. The van der Waals surface area contributed by atoms with Crippen LogP contribution in [0.5, 0.6) is 0 Å². The topological polar surface area (TPSA) is 73.2 Å². The second-order valence-corrected chi connectivity index (χ2v) is 6.39. The standard InChI is InChI=1S/C19H16ClN3O2/c1-12-6-7-15(9-16(12)20)23-11-14(8-18(23)24)19(25)22-17-5-3-2-4-13(17)10-21/h2-7,9,14H,8,11H2,1H3,(H,22,25). The minimum Gasteiger partial charge on any atom is -0.325 e. The molecule has 1 N–H and O–H groups in total. The van der Waals surface area contributed by atoms with Crippen molar-refractivity contribution in [3.8, 4) is 6.07 Å². The van der Waals surface area contributed by atoms with E-state index in [1.807, 2.05) is 25.1 Å². The summed E-state index contributed by atoms with van der Waals surface area (Å²) in [5.41, 5.74) is 2.47. The molecule has 0 spiro atoms. The largest absolute Gasteiger partial charge is 0.325 e. The number of nitriles is 1. The van der Waals surface area contributed by atoms with E-state index >= 15 is 0 Å². The van der Waals surface area contributed by atoms with E-state index in [2.05, 4.69) is 5.32 Å². The quantitative estimate of drug-likeness (QED) is 0.917. The zero-order valence-corrected chi connectivity index (χ0v) is 14.4. The van der Waals surface area contributed by atoms with Crippen molar-refractivity contribution in [2.45, 2.75) is 13.3 Å². The van der Waals surface area contributed by atoms with Gasteiger partial charge in [0, 0.05) is 23.7 Å². The maximum atomic E-state index is 12.5. The van der Waals surface area contributed by atoms with Gasteiger partial charge in [0.15, 0.2) is 0 Å². The van der Waals surface area contributed by atoms with Gasteiger partial charge in [-0.1, -0.05) is 29.8 Å². The molecule has 25 heavy (non-hydrogen) atoms. The molecule has 2 amide bonds. The molecule has 1 saturated heterocycles. The summed E-state index contributed by atoms with van der Waals surface area (Å²) in [5, 5.41) is 12.4. The summed E-state index contributed by atoms with van der Waals surface area (Å²) in [6.45, 7) is 2.18. The second kappa shape index (κ2) is 6.96. The SMILES string of the molecule is Cc1ccc(N2CC(C(=O)Nc3ccccc3C#N)CC2=O)cc1Cl. The number of carbonyl (C=O) groups excluding carboxylic acids is 2. The van der Waals surface area contributed by atoms with Crippen LogP contribution in [0.2, 0.25) is 5.02 Å². The van der Waals surface area contributed by atoms with E-state index in [1.165, 1.54) is 0 Å². The van der Waals surface area contributed by atoms with Crippen molar-refractivity contribution >= 4 is 34.8 Å². The minimum absolute atomic E-state index is 0.117. The highest BCUT2D eigenvalue weighted by Crippen LogP contribution is 2.29. The third kappa shape index (κ3) is 3.49. The normalized spacial score (nSPS) is 16.6. The van der Waals surface area contributed by atoms with Crippen molar-refractivity contribution < 1.29 is 9.59 Å². The highest BCUT2D eigenvalue weighted by atomic mass is 35.5. The molecule has 0 bridgehead atoms. The van der Waals surface area contributed by atoms with Crippen LogP contribution in [0.25, 0.3) is 0 Å². The highest BCUT2D eigenvalue weighted by Gasteiger charge is 2.35. The van der Waals surface area contributed by atoms with Crippen molar-refractivity contribution in [3.05, 3.63) is 58.6 Å². The van der Waals surface area contributed by atoms with Crippen LogP contribution in [0, 0.1) is 24.2 Å². The van der Waals surface area contributed by atoms with Gasteiger partial charge in [-0.2, -0.15) is 5.26 Å². The van der Waals surface area contributed by atoms with Crippen LogP contribution in [0.3, 0.4) is 0 Å². The number of nitrogens with one attached hydrogen (secondary N) is 1. The Morgan fingerprint density at radius 1 is 1.32 bits per heavy atom. The Balaban J connectivity index is 1.74. The van der Waals surface area contributed by atoms with Crippen molar-refractivity contribution in [2.24, 2.45) is 5.92 Å². The van der Waals surface area contributed by atoms with Gasteiger partial charge in [0.2, 0.25) is 11.8 Å². The Morgan fingerprint density at radius 2 is 2.08 bits per heavy atom. The number of hydrogen-bond donors (Lipinski definition) is 1. The molecule has 1 unspecified atom stereocenters. The maximum absolute atomic E-state index is 12.5. The molecule has 3 rings (SSSR count). The van der Waals surface area contributed by atoms with E-state index in [-0.39, 0.29) is 18.2 Å². The molecule has 1 aliphatic heterocycles. The van der Waals surface area contributed by atoms with Crippen LogP contribution in [-0.4, -0.2) is 18.4 Å². The number of halogens is 1. The fourth-order valence-electron chi connectivity index (χ4n) is 2.81. The van der Waals surface area contributed by atoms with Gasteiger partial charge in [0.05, 0.1) is 17.2 Å². The third-order valence-electron chi connectivity index (χ3n) is 4.27. The Kier molecular flexibility index (Phi) is 4.73. The first-order valence-electron chi connectivity index (χ1n) is 7.86. The molecule has 2 aromatic carbocycles. The van der Waals surface area contributed by atoms with E-state index in [1.54, 1.807) is 35.2 Å². The van der Waals surface area contributed by atoms with Crippen LogP contribution in [-0.2, 0) is 9.59 Å². The average Bonchev–Trinajstić information content (AvgIpc) is 3.00. The van der Waals surface area contributed by atoms with Gasteiger partial charge in [0.1, 0.15) is 6.07 Å². The number of aryl methyl sites for hydroxylation is 1. The van der Waals surface area contributed by atoms with E-state index in [4.69, 9.17) is 16.9 Å². The number of para-hydroxylation sites is 1. The van der Waals surface area contributed by atoms with Gasteiger partial charge in [-0.05, 0) is 36.8 Å². The lowest BCUT2D eigenvalue weighted by molar-refractivity contribution is -0.122. The number of hydrogen-bond acceptors (Lipinski definition) is 3. The molecule has 5 nitrogen and oxygen atoms in total. The summed E-state index contributed by atoms with van der Waals surface area (Å²) in [5.74, 6) is -0.857. The number of anilines is 2. The molecule has 0 aromatic heterocycles. The van der Waals surface area contributed by atoms with Crippen molar-refractivity contribution in [3.63, 3.8) is 0 Å². The zero-order valence-electron chi connectivity index (χ0n) is 13.6. The number of benzene rings is 2. The lowest BCUT2D eigenvalue weighted by Crippen LogP contribution is -2.28. The van der Waals surface area contributed by atoms with Crippen LogP contribution >= 0.6 is 11.6 Å². The molecule has 0 radical (unpaired) electrons. The van der Waals surface area contributed by atoms with Crippen LogP contribution in [0.4, 0.5) is 11.4 Å². The van der Waals surface area contributed by atoms with E-state index in [0.29, 0.717) is 28.5 Å². The summed E-state index contributed by atoms with van der Waals surface area (Å²) in [6, 6.07) is 14.2. The summed E-state index contributed by atoms with van der Waals surface area (Å²) in [7, 11) is 0. The van der Waals surface area contributed by atoms with Gasteiger partial charge in [-0.25, -0.2) is 0 Å². The Hall–Kier alpha value is -2.84. The Bertz CT molecular complexity index is 888. The summed E-state index contributed by atoms with van der Waals surface area (Å²) < 4.78 is 0. The monoisotopic (exact) mass is 353 g/mol. The smallest absolute Gasteiger partial charge is 0.229 e. The number of amides is 2. The van der Waals surface area contributed by atoms with E-state index < -0.39 is 5.92 Å². The first-order chi connectivity index (χ1) is 12.0. The first-order valence-corrected chi connectivity index (χ1v) is 8.24. The molecule has 2 aromatic rings. The Labute approximate surface area is 150 Å². The molecular weight excluding hydrogens is 338 g/mol. The highest BCUT2D eigenvalue weighted by molar-refractivity contribution is 6.31. The summed E-state index contributed by atoms with van der Waals surface area (Å²) >= 11 is 6.13. The molecule has 1 heterocycles. The fraction of sp³-hybridized carbons (Fsp3) is 0.211. The van der Waals surface area contributed by atoms with Crippen molar-refractivity contribution in [2.75, 3.05) is 16.8 Å². The van der Waals surface area contributed by atoms with Gasteiger partial charge < -0.3 is 10.2 Å². The Morgan fingerprint density at radius 3 is 2.80 bits per heavy atom. The molecule has 1 aliphatic rings. The molecule has 0 aliphatic carbocycles. The zero-order chi connectivity index (χ0) is 18.0.